The van der Waals surface area contributed by atoms with Gasteiger partial charge in [0, 0.05) is 24.9 Å². The maximum atomic E-state index is 11.6. The van der Waals surface area contributed by atoms with Crippen molar-refractivity contribution in [3.05, 3.63) is 18.2 Å². The highest BCUT2D eigenvalue weighted by atomic mass is 16.4. The van der Waals surface area contributed by atoms with E-state index in [2.05, 4.69) is 20.6 Å². The number of carbonyl (C=O) groups excluding carboxylic acids is 1. The fourth-order valence-corrected chi connectivity index (χ4v) is 1.44. The zero-order valence-electron chi connectivity index (χ0n) is 11.1. The van der Waals surface area contributed by atoms with Crippen LogP contribution in [0.2, 0.25) is 0 Å². The largest absolute Gasteiger partial charge is 0.480 e. The minimum Gasteiger partial charge on any atom is -0.480 e. The Kier molecular flexibility index (Phi) is 5.84. The monoisotopic (exact) mass is 268 g/mol. The Hall–Kier alpha value is -2.05. The zero-order chi connectivity index (χ0) is 14.3. The van der Waals surface area contributed by atoms with Gasteiger partial charge in [0.15, 0.2) is 0 Å². The maximum Gasteiger partial charge on any atom is 0.326 e. The fraction of sp³-hybridized carbons (Fsp3) is 0.583. The summed E-state index contributed by atoms with van der Waals surface area (Å²) in [5, 5.41) is 14.2. The van der Waals surface area contributed by atoms with Crippen LogP contribution in [0.3, 0.4) is 0 Å². The van der Waals surface area contributed by atoms with Crippen LogP contribution in [0.25, 0.3) is 0 Å². The molecule has 0 spiro atoms. The summed E-state index contributed by atoms with van der Waals surface area (Å²) in [6.45, 7) is 4.57. The van der Waals surface area contributed by atoms with Crippen molar-refractivity contribution in [2.24, 2.45) is 5.92 Å². The number of rotatable bonds is 7. The first-order valence-electron chi connectivity index (χ1n) is 6.27. The molecule has 0 saturated heterocycles. The van der Waals surface area contributed by atoms with Gasteiger partial charge < -0.3 is 20.7 Å². The number of carboxylic acid groups (broad SMARTS) is 1. The first-order chi connectivity index (χ1) is 9.02. The molecule has 0 aliphatic heterocycles. The smallest absolute Gasteiger partial charge is 0.326 e. The number of aliphatic carboxylic acids is 1. The Bertz CT molecular complexity index is 405. The molecule has 19 heavy (non-hydrogen) atoms. The van der Waals surface area contributed by atoms with Gasteiger partial charge >= 0.3 is 12.0 Å². The number of carbonyl (C=O) groups is 2. The van der Waals surface area contributed by atoms with Crippen LogP contribution >= 0.6 is 0 Å². The number of hydrogen-bond donors (Lipinski definition) is 4. The van der Waals surface area contributed by atoms with Crippen molar-refractivity contribution < 1.29 is 14.7 Å². The van der Waals surface area contributed by atoms with Crippen LogP contribution in [0.15, 0.2) is 12.5 Å². The first kappa shape index (κ1) is 15.0. The molecule has 7 nitrogen and oxygen atoms in total. The van der Waals surface area contributed by atoms with E-state index in [-0.39, 0.29) is 6.42 Å². The van der Waals surface area contributed by atoms with Gasteiger partial charge in [-0.1, -0.05) is 20.3 Å². The molecule has 7 heteroatoms. The molecule has 0 bridgehead atoms. The molecule has 106 valence electrons. The molecule has 4 N–H and O–H groups in total. The molecule has 2 atom stereocenters. The summed E-state index contributed by atoms with van der Waals surface area (Å²) < 4.78 is 0. The van der Waals surface area contributed by atoms with E-state index in [9.17, 15) is 9.59 Å². The maximum absolute atomic E-state index is 11.6. The number of imidazole rings is 1. The lowest BCUT2D eigenvalue weighted by Crippen LogP contribution is -2.47. The summed E-state index contributed by atoms with van der Waals surface area (Å²) in [6, 6.07) is -1.44. The number of urea groups is 1. The third-order valence-corrected chi connectivity index (χ3v) is 2.89. The van der Waals surface area contributed by atoms with Gasteiger partial charge in [0.05, 0.1) is 6.33 Å². The van der Waals surface area contributed by atoms with Gasteiger partial charge in [-0.15, -0.1) is 0 Å². The van der Waals surface area contributed by atoms with E-state index in [1.54, 1.807) is 0 Å². The summed E-state index contributed by atoms with van der Waals surface area (Å²) in [4.78, 5) is 29.3. The number of nitrogens with zero attached hydrogens (tertiary/aromatic N) is 1. The van der Waals surface area contributed by atoms with Crippen LogP contribution in [0.4, 0.5) is 4.79 Å². The van der Waals surface area contributed by atoms with E-state index >= 15 is 0 Å². The lowest BCUT2D eigenvalue weighted by atomic mass is 10.1. The van der Waals surface area contributed by atoms with Crippen molar-refractivity contribution in [3.8, 4) is 0 Å². The van der Waals surface area contributed by atoms with E-state index < -0.39 is 18.0 Å². The van der Waals surface area contributed by atoms with E-state index in [1.807, 2.05) is 13.8 Å². The average Bonchev–Trinajstić information content (AvgIpc) is 2.87. The van der Waals surface area contributed by atoms with Gasteiger partial charge in [0.25, 0.3) is 0 Å². The predicted octanol–water partition coefficient (Wildman–Crippen LogP) is 0.751. The number of H-pyrrole nitrogens is 1. The normalized spacial score (nSPS) is 13.6. The van der Waals surface area contributed by atoms with E-state index in [0.29, 0.717) is 18.2 Å². The number of aromatic nitrogens is 2. The summed E-state index contributed by atoms with van der Waals surface area (Å²) >= 11 is 0. The van der Waals surface area contributed by atoms with Crippen molar-refractivity contribution in [2.45, 2.75) is 32.7 Å². The number of nitrogens with one attached hydrogen (secondary N) is 3. The second-order valence-electron chi connectivity index (χ2n) is 4.54. The second kappa shape index (κ2) is 7.40. The average molecular weight is 268 g/mol. The van der Waals surface area contributed by atoms with E-state index in [4.69, 9.17) is 5.11 Å². The summed E-state index contributed by atoms with van der Waals surface area (Å²) in [7, 11) is 0. The topological polar surface area (TPSA) is 107 Å². The fourth-order valence-electron chi connectivity index (χ4n) is 1.44. The van der Waals surface area contributed by atoms with Crippen molar-refractivity contribution in [2.75, 3.05) is 6.54 Å². The molecule has 2 amide bonds. The predicted molar refractivity (Wildman–Crippen MR) is 69.7 cm³/mol. The highest BCUT2D eigenvalue weighted by molar-refractivity contribution is 5.82. The Morgan fingerprint density at radius 3 is 2.79 bits per heavy atom. The van der Waals surface area contributed by atoms with Gasteiger partial charge in [-0.25, -0.2) is 14.6 Å². The molecule has 1 heterocycles. The third-order valence-electron chi connectivity index (χ3n) is 2.89. The summed E-state index contributed by atoms with van der Waals surface area (Å²) in [6.07, 6.45) is 4.13. The Morgan fingerprint density at radius 1 is 1.53 bits per heavy atom. The molecule has 0 saturated carbocycles. The standard InChI is InChI=1S/C12H20N4O3/c1-3-8(2)5-14-12(19)16-10(11(17)18)4-9-6-13-7-15-9/h6-8,10H,3-5H2,1-2H3,(H,13,15)(H,17,18)(H2,14,16,19)/t8?,10-/m0/s1. The van der Waals surface area contributed by atoms with Crippen LogP contribution in [0, 0.1) is 5.92 Å². The molecule has 0 aliphatic rings. The van der Waals surface area contributed by atoms with E-state index in [1.165, 1.54) is 12.5 Å². The van der Waals surface area contributed by atoms with E-state index in [0.717, 1.165) is 6.42 Å². The highest BCUT2D eigenvalue weighted by Crippen LogP contribution is 2.00. The van der Waals surface area contributed by atoms with Crippen molar-refractivity contribution in [3.63, 3.8) is 0 Å². The van der Waals surface area contributed by atoms with Crippen LogP contribution in [-0.4, -0.2) is 39.7 Å². The lowest BCUT2D eigenvalue weighted by molar-refractivity contribution is -0.139. The van der Waals surface area contributed by atoms with Gasteiger partial charge in [-0.2, -0.15) is 0 Å². The van der Waals surface area contributed by atoms with Crippen LogP contribution < -0.4 is 10.6 Å². The van der Waals surface area contributed by atoms with Crippen molar-refractivity contribution in [1.82, 2.24) is 20.6 Å². The zero-order valence-corrected chi connectivity index (χ0v) is 11.1. The molecular formula is C12H20N4O3. The van der Waals surface area contributed by atoms with Crippen molar-refractivity contribution in [1.29, 1.82) is 0 Å². The number of aromatic amines is 1. The molecule has 1 aromatic heterocycles. The molecule has 1 unspecified atom stereocenters. The lowest BCUT2D eigenvalue weighted by Gasteiger charge is -2.16. The SMILES string of the molecule is CCC(C)CNC(=O)N[C@@H](Cc1cnc[nH]1)C(=O)O. The van der Waals surface area contributed by atoms with Crippen molar-refractivity contribution >= 4 is 12.0 Å². The Balaban J connectivity index is 2.45. The number of amides is 2. The summed E-state index contributed by atoms with van der Waals surface area (Å²) in [5.74, 6) is -0.713. The minimum absolute atomic E-state index is 0.173. The molecule has 0 radical (unpaired) electrons. The minimum atomic E-state index is -1.08. The number of hydrogen-bond acceptors (Lipinski definition) is 3. The number of carboxylic acids is 1. The molecule has 1 rings (SSSR count). The molecule has 1 aromatic rings. The van der Waals surface area contributed by atoms with Crippen LogP contribution in [-0.2, 0) is 11.2 Å². The third kappa shape index (κ3) is 5.41. The highest BCUT2D eigenvalue weighted by Gasteiger charge is 2.20. The van der Waals surface area contributed by atoms with Gasteiger partial charge in [0.2, 0.25) is 0 Å². The van der Waals surface area contributed by atoms with Gasteiger partial charge in [0.1, 0.15) is 6.04 Å². The molecular weight excluding hydrogens is 248 g/mol. The molecule has 0 aliphatic carbocycles. The molecule has 0 fully saturated rings. The first-order valence-corrected chi connectivity index (χ1v) is 6.27. The van der Waals surface area contributed by atoms with Gasteiger partial charge in [-0.05, 0) is 5.92 Å². The Labute approximate surface area is 111 Å². The van der Waals surface area contributed by atoms with Crippen LogP contribution in [0.1, 0.15) is 26.0 Å². The quantitative estimate of drug-likeness (QED) is 0.585. The van der Waals surface area contributed by atoms with Crippen LogP contribution in [0.5, 0.6) is 0 Å². The van der Waals surface area contributed by atoms with Gasteiger partial charge in [-0.3, -0.25) is 0 Å². The summed E-state index contributed by atoms with van der Waals surface area (Å²) in [5.41, 5.74) is 0.662. The Morgan fingerprint density at radius 2 is 2.26 bits per heavy atom. The molecule has 0 aromatic carbocycles. The second-order valence-corrected chi connectivity index (χ2v) is 4.54.